The minimum Gasteiger partial charge on any atom is -0.497 e. The van der Waals surface area contributed by atoms with E-state index in [2.05, 4.69) is 11.8 Å². The van der Waals surface area contributed by atoms with Gasteiger partial charge in [0.2, 0.25) is 0 Å². The van der Waals surface area contributed by atoms with Crippen molar-refractivity contribution in [1.29, 1.82) is 0 Å². The highest BCUT2D eigenvalue weighted by Gasteiger charge is 2.90. The van der Waals surface area contributed by atoms with Gasteiger partial charge in [-0.15, -0.1) is 0 Å². The lowest BCUT2D eigenvalue weighted by Crippen LogP contribution is -2.79. The third-order valence-corrected chi connectivity index (χ3v) is 13.4. The zero-order valence-electron chi connectivity index (χ0n) is 28.3. The first-order valence-corrected chi connectivity index (χ1v) is 16.7. The van der Waals surface area contributed by atoms with Gasteiger partial charge in [-0.1, -0.05) is 6.92 Å². The monoisotopic (exact) mass is 659 g/mol. The first-order chi connectivity index (χ1) is 22.5. The summed E-state index contributed by atoms with van der Waals surface area (Å²) in [6.45, 7) is 5.04. The molecule has 1 spiro atoms. The fourth-order valence-corrected chi connectivity index (χ4v) is 12.4. The molecule has 0 radical (unpaired) electrons. The molecule has 5 aliphatic carbocycles. The van der Waals surface area contributed by atoms with Crippen molar-refractivity contribution in [2.45, 2.75) is 80.9 Å². The second kappa shape index (κ2) is 11.4. The molecule has 7 rings (SSSR count). The number of hydrogen-bond donors (Lipinski definition) is 2. The summed E-state index contributed by atoms with van der Waals surface area (Å²) in [5.74, 6) is -2.10. The van der Waals surface area contributed by atoms with Gasteiger partial charge in [-0.05, 0) is 43.1 Å². The number of ether oxygens (including phenoxy) is 7. The second-order valence-electron chi connectivity index (χ2n) is 14.7. The fourth-order valence-electron chi connectivity index (χ4n) is 12.4. The quantitative estimate of drug-likeness (QED) is 0.353. The maximum Gasteiger partial charge on any atom is 0.338 e. The molecule has 14 atom stereocenters. The van der Waals surface area contributed by atoms with Crippen molar-refractivity contribution in [2.75, 3.05) is 55.2 Å². The molecule has 5 saturated carbocycles. The maximum absolute atomic E-state index is 13.9. The van der Waals surface area contributed by atoms with Gasteiger partial charge in [-0.3, -0.25) is 9.69 Å². The Balaban J connectivity index is 1.47. The Morgan fingerprint density at radius 3 is 2.26 bits per heavy atom. The molecule has 260 valence electrons. The number of hydrogen-bond acceptors (Lipinski definition) is 12. The normalized spacial score (nSPS) is 47.4. The number of benzene rings is 1. The fraction of sp³-hybridized carbons (Fsp3) is 0.771. The number of fused-ring (bicyclic) bond motifs is 2. The molecule has 1 saturated heterocycles. The number of rotatable bonds is 10. The predicted molar refractivity (Wildman–Crippen MR) is 166 cm³/mol. The number of carbonyl (C=O) groups excluding carboxylic acids is 2. The summed E-state index contributed by atoms with van der Waals surface area (Å²) in [7, 11) is 8.11. The van der Waals surface area contributed by atoms with Crippen molar-refractivity contribution >= 4 is 11.9 Å². The van der Waals surface area contributed by atoms with Crippen LogP contribution in [-0.4, -0.2) is 130 Å². The summed E-state index contributed by atoms with van der Waals surface area (Å²) in [6.07, 6.45) is -2.70. The van der Waals surface area contributed by atoms with Crippen LogP contribution in [0.1, 0.15) is 43.5 Å². The molecule has 0 amide bonds. The van der Waals surface area contributed by atoms with Crippen molar-refractivity contribution < 1.29 is 53.0 Å². The van der Waals surface area contributed by atoms with Crippen LogP contribution in [0.15, 0.2) is 24.3 Å². The van der Waals surface area contributed by atoms with Crippen molar-refractivity contribution in [1.82, 2.24) is 4.90 Å². The van der Waals surface area contributed by atoms with Crippen molar-refractivity contribution in [2.24, 2.45) is 34.5 Å². The summed E-state index contributed by atoms with van der Waals surface area (Å²) < 4.78 is 43.2. The van der Waals surface area contributed by atoms with E-state index in [1.54, 1.807) is 52.7 Å². The van der Waals surface area contributed by atoms with Crippen molar-refractivity contribution in [3.8, 4) is 5.75 Å². The van der Waals surface area contributed by atoms with Gasteiger partial charge in [-0.25, -0.2) is 4.79 Å². The van der Waals surface area contributed by atoms with Gasteiger partial charge in [0.25, 0.3) is 0 Å². The summed E-state index contributed by atoms with van der Waals surface area (Å²) in [5, 5.41) is 24.8. The summed E-state index contributed by atoms with van der Waals surface area (Å²) in [4.78, 5) is 29.5. The third kappa shape index (κ3) is 4.00. The molecule has 2 N–H and O–H groups in total. The van der Waals surface area contributed by atoms with Gasteiger partial charge >= 0.3 is 11.9 Å². The van der Waals surface area contributed by atoms with E-state index >= 15 is 0 Å². The smallest absolute Gasteiger partial charge is 0.338 e. The van der Waals surface area contributed by atoms with E-state index < -0.39 is 76.3 Å². The lowest BCUT2D eigenvalue weighted by molar-refractivity contribution is -0.300. The van der Waals surface area contributed by atoms with E-state index in [0.717, 1.165) is 0 Å². The Morgan fingerprint density at radius 1 is 0.979 bits per heavy atom. The number of nitrogens with zero attached hydrogens (tertiary/aromatic N) is 1. The average molecular weight is 660 g/mol. The zero-order chi connectivity index (χ0) is 33.7. The predicted octanol–water partition coefficient (Wildman–Crippen LogP) is 1.69. The molecular weight excluding hydrogens is 610 g/mol. The SMILES string of the molecule is CCN1C[C@]2(COC)[C@H](O)C[C@H](OC)[C@]34C1C([C@H](OC)[C@H]23)[C@@]1(OC(C)=O)CC(OC)C2(O)C[C@H]4[C@@H]1C2OC(=O)c1ccc(OC)cc1. The molecule has 1 heterocycles. The van der Waals surface area contributed by atoms with Crippen LogP contribution < -0.4 is 4.74 Å². The van der Waals surface area contributed by atoms with Crippen LogP contribution in [0.4, 0.5) is 0 Å². The molecule has 12 heteroatoms. The lowest BCUT2D eigenvalue weighted by Gasteiger charge is -2.70. The molecule has 1 aliphatic heterocycles. The Hall–Kier alpha value is -2.32. The number of esters is 2. The molecule has 1 aromatic carbocycles. The first kappa shape index (κ1) is 33.2. The molecule has 1 aromatic rings. The van der Waals surface area contributed by atoms with Gasteiger partial charge in [-0.2, -0.15) is 0 Å². The number of carbonyl (C=O) groups is 2. The standard InChI is InChI=1S/C35H49NO11/c1-8-36-16-32(17-41-3)22(38)13-23(43-5)35-21-14-33(40)24(44-6)15-34(47-18(2)37,26(29(35)36)27(45-7)28(32)35)25(21)30(33)46-31(39)19-9-11-20(42-4)12-10-19/h9-12,21-30,38,40H,8,13-17H2,1-7H3/t21-,22+,23-,24?,25+,26?,27-,28+,29?,30?,32-,33?,34+,35-/m0/s1. The van der Waals surface area contributed by atoms with Crippen LogP contribution in [0.5, 0.6) is 5.75 Å². The van der Waals surface area contributed by atoms with Gasteiger partial charge in [0, 0.05) is 89.4 Å². The second-order valence-corrected chi connectivity index (χ2v) is 14.7. The highest BCUT2D eigenvalue weighted by atomic mass is 16.6. The highest BCUT2D eigenvalue weighted by molar-refractivity contribution is 5.89. The Bertz CT molecular complexity index is 1390. The van der Waals surface area contributed by atoms with Crippen LogP contribution >= 0.6 is 0 Å². The van der Waals surface area contributed by atoms with E-state index in [4.69, 9.17) is 33.2 Å². The number of aliphatic hydroxyl groups excluding tert-OH is 1. The Labute approximate surface area is 275 Å². The molecule has 47 heavy (non-hydrogen) atoms. The minimum atomic E-state index is -1.58. The molecule has 12 nitrogen and oxygen atoms in total. The molecular formula is C35H49NO11. The lowest BCUT2D eigenvalue weighted by atomic mass is 9.42. The van der Waals surface area contributed by atoms with Crippen LogP contribution in [0, 0.1) is 34.5 Å². The van der Waals surface area contributed by atoms with Crippen LogP contribution in [-0.2, 0) is 33.2 Å². The Morgan fingerprint density at radius 2 is 1.68 bits per heavy atom. The first-order valence-electron chi connectivity index (χ1n) is 16.7. The van der Waals surface area contributed by atoms with Gasteiger partial charge in [0.05, 0.1) is 43.7 Å². The van der Waals surface area contributed by atoms with E-state index in [1.807, 2.05) is 0 Å². The highest BCUT2D eigenvalue weighted by Crippen LogP contribution is 2.80. The summed E-state index contributed by atoms with van der Waals surface area (Å²) in [5.41, 5.74) is -3.89. The number of methoxy groups -OCH3 is 5. The molecule has 6 fully saturated rings. The molecule has 6 aliphatic rings. The van der Waals surface area contributed by atoms with Crippen molar-refractivity contribution in [3.63, 3.8) is 0 Å². The van der Waals surface area contributed by atoms with Crippen LogP contribution in [0.3, 0.4) is 0 Å². The van der Waals surface area contributed by atoms with Gasteiger partial charge in [0.15, 0.2) is 0 Å². The molecule has 7 bridgehead atoms. The van der Waals surface area contributed by atoms with E-state index in [1.165, 1.54) is 14.0 Å². The van der Waals surface area contributed by atoms with Crippen LogP contribution in [0.25, 0.3) is 0 Å². The van der Waals surface area contributed by atoms with Gasteiger partial charge in [0.1, 0.15) is 23.1 Å². The average Bonchev–Trinajstić information content (AvgIpc) is 3.43. The largest absolute Gasteiger partial charge is 0.497 e. The van der Waals surface area contributed by atoms with Crippen LogP contribution in [0.2, 0.25) is 0 Å². The van der Waals surface area contributed by atoms with Crippen molar-refractivity contribution in [3.05, 3.63) is 29.8 Å². The zero-order valence-corrected chi connectivity index (χ0v) is 28.3. The van der Waals surface area contributed by atoms with E-state index in [0.29, 0.717) is 37.4 Å². The summed E-state index contributed by atoms with van der Waals surface area (Å²) in [6, 6.07) is 6.44. The third-order valence-electron chi connectivity index (χ3n) is 13.4. The number of piperidine rings is 1. The molecule has 5 unspecified atom stereocenters. The van der Waals surface area contributed by atoms with E-state index in [9.17, 15) is 19.8 Å². The van der Waals surface area contributed by atoms with Gasteiger partial charge < -0.3 is 43.4 Å². The topological polar surface area (TPSA) is 142 Å². The minimum absolute atomic E-state index is 0.179. The summed E-state index contributed by atoms with van der Waals surface area (Å²) >= 11 is 0. The van der Waals surface area contributed by atoms with E-state index in [-0.39, 0.29) is 30.7 Å². The number of aliphatic hydroxyl groups is 2. The Kier molecular flexibility index (Phi) is 8.02. The number of likely N-dealkylation sites (tertiary alicyclic amines) is 1. The maximum atomic E-state index is 13.9. The molecule has 0 aromatic heterocycles.